The van der Waals surface area contributed by atoms with Gasteiger partial charge in [-0.25, -0.2) is 0 Å². The van der Waals surface area contributed by atoms with Crippen molar-refractivity contribution >= 4 is 5.91 Å². The molecule has 2 unspecified atom stereocenters. The van der Waals surface area contributed by atoms with Gasteiger partial charge in [0.15, 0.2) is 6.10 Å². The van der Waals surface area contributed by atoms with Crippen molar-refractivity contribution in [1.82, 2.24) is 5.32 Å². The van der Waals surface area contributed by atoms with E-state index >= 15 is 0 Å². The zero-order valence-corrected chi connectivity index (χ0v) is 16.0. The lowest BCUT2D eigenvalue weighted by Gasteiger charge is -2.21. The molecule has 1 N–H and O–H groups in total. The van der Waals surface area contributed by atoms with Crippen LogP contribution in [0.3, 0.4) is 0 Å². The number of para-hydroxylation sites is 1. The zero-order valence-electron chi connectivity index (χ0n) is 16.0. The Morgan fingerprint density at radius 1 is 1.04 bits per heavy atom. The van der Waals surface area contributed by atoms with Crippen LogP contribution in [0.15, 0.2) is 42.5 Å². The molecule has 2 aromatic rings. The van der Waals surface area contributed by atoms with Crippen molar-refractivity contribution in [2.24, 2.45) is 0 Å². The maximum Gasteiger partial charge on any atom is 0.261 e. The third kappa shape index (κ3) is 4.69. The van der Waals surface area contributed by atoms with E-state index in [4.69, 9.17) is 14.2 Å². The van der Waals surface area contributed by atoms with Gasteiger partial charge in [-0.3, -0.25) is 4.79 Å². The summed E-state index contributed by atoms with van der Waals surface area (Å²) in [5.41, 5.74) is 1.93. The number of hydrogen-bond donors (Lipinski definition) is 1. The monoisotopic (exact) mass is 357 g/mol. The van der Waals surface area contributed by atoms with Gasteiger partial charge in [0.2, 0.25) is 0 Å². The van der Waals surface area contributed by atoms with E-state index in [0.717, 1.165) is 23.3 Å². The molecule has 5 nitrogen and oxygen atoms in total. The van der Waals surface area contributed by atoms with Crippen LogP contribution in [0.2, 0.25) is 0 Å². The number of methoxy groups -OCH3 is 2. The second-order valence-electron chi connectivity index (χ2n) is 6.06. The molecule has 0 aliphatic heterocycles. The summed E-state index contributed by atoms with van der Waals surface area (Å²) in [6.45, 7) is 5.71. The van der Waals surface area contributed by atoms with Crippen molar-refractivity contribution in [1.29, 1.82) is 0 Å². The first-order valence-corrected chi connectivity index (χ1v) is 8.77. The van der Waals surface area contributed by atoms with E-state index in [2.05, 4.69) is 12.2 Å². The Labute approximate surface area is 155 Å². The number of ether oxygens (including phenoxy) is 3. The van der Waals surface area contributed by atoms with E-state index in [1.54, 1.807) is 21.1 Å². The zero-order chi connectivity index (χ0) is 19.1. The van der Waals surface area contributed by atoms with E-state index in [-0.39, 0.29) is 11.9 Å². The molecular weight excluding hydrogens is 330 g/mol. The van der Waals surface area contributed by atoms with Crippen LogP contribution in [0.1, 0.15) is 37.9 Å². The van der Waals surface area contributed by atoms with E-state index in [0.29, 0.717) is 11.5 Å². The number of aryl methyl sites for hydroxylation is 1. The second-order valence-corrected chi connectivity index (χ2v) is 6.06. The summed E-state index contributed by atoms with van der Waals surface area (Å²) in [6, 6.07) is 13.0. The Morgan fingerprint density at radius 2 is 1.77 bits per heavy atom. The fraction of sp³-hybridized carbons (Fsp3) is 0.381. The lowest BCUT2D eigenvalue weighted by molar-refractivity contribution is -0.127. The molecule has 0 aliphatic carbocycles. The van der Waals surface area contributed by atoms with Crippen LogP contribution in [0, 0.1) is 0 Å². The molecule has 2 atom stereocenters. The quantitative estimate of drug-likeness (QED) is 0.778. The fourth-order valence-corrected chi connectivity index (χ4v) is 2.74. The van der Waals surface area contributed by atoms with E-state index in [9.17, 15) is 4.79 Å². The van der Waals surface area contributed by atoms with Crippen LogP contribution in [0.5, 0.6) is 17.2 Å². The van der Waals surface area contributed by atoms with Crippen molar-refractivity contribution in [3.05, 3.63) is 53.6 Å². The Kier molecular flexibility index (Phi) is 6.89. The average molecular weight is 357 g/mol. The Bertz CT molecular complexity index is 745. The van der Waals surface area contributed by atoms with Crippen molar-refractivity contribution in [3.63, 3.8) is 0 Å². The first-order chi connectivity index (χ1) is 12.5. The molecule has 0 spiro atoms. The number of carbonyl (C=O) groups excluding carboxylic acids is 1. The Hall–Kier alpha value is -2.69. The highest BCUT2D eigenvalue weighted by molar-refractivity contribution is 5.81. The van der Waals surface area contributed by atoms with Gasteiger partial charge in [0, 0.05) is 5.56 Å². The summed E-state index contributed by atoms with van der Waals surface area (Å²) in [5.74, 6) is 1.96. The molecule has 0 aromatic heterocycles. The normalized spacial score (nSPS) is 12.8. The van der Waals surface area contributed by atoms with E-state index < -0.39 is 6.10 Å². The van der Waals surface area contributed by atoms with Crippen molar-refractivity contribution < 1.29 is 19.0 Å². The molecule has 26 heavy (non-hydrogen) atoms. The van der Waals surface area contributed by atoms with Crippen molar-refractivity contribution in [2.75, 3.05) is 14.2 Å². The molecule has 2 rings (SSSR count). The minimum atomic E-state index is -0.609. The van der Waals surface area contributed by atoms with Gasteiger partial charge in [0.05, 0.1) is 20.3 Å². The molecule has 1 amide bonds. The molecule has 140 valence electrons. The largest absolute Gasteiger partial charge is 0.497 e. The summed E-state index contributed by atoms with van der Waals surface area (Å²) in [5, 5.41) is 2.98. The number of hydrogen-bond acceptors (Lipinski definition) is 4. The minimum absolute atomic E-state index is 0.187. The maximum atomic E-state index is 12.6. The van der Waals surface area contributed by atoms with Crippen LogP contribution in [0.4, 0.5) is 0 Å². The molecule has 0 aliphatic rings. The smallest absolute Gasteiger partial charge is 0.261 e. The van der Waals surface area contributed by atoms with Crippen LogP contribution >= 0.6 is 0 Å². The summed E-state index contributed by atoms with van der Waals surface area (Å²) in [6.07, 6.45) is 0.240. The highest BCUT2D eigenvalue weighted by atomic mass is 16.5. The van der Waals surface area contributed by atoms with E-state index in [1.165, 1.54) is 0 Å². The van der Waals surface area contributed by atoms with Gasteiger partial charge in [0.1, 0.15) is 17.2 Å². The summed E-state index contributed by atoms with van der Waals surface area (Å²) >= 11 is 0. The topological polar surface area (TPSA) is 56.8 Å². The summed E-state index contributed by atoms with van der Waals surface area (Å²) in [4.78, 5) is 12.6. The van der Waals surface area contributed by atoms with Gasteiger partial charge in [0.25, 0.3) is 5.91 Å². The predicted molar refractivity (Wildman–Crippen MR) is 102 cm³/mol. The predicted octanol–water partition coefficient (Wildman–Crippen LogP) is 3.91. The SMILES string of the molecule is CCc1ccccc1OC(C)C(=O)NC(C)c1cc(OC)ccc1OC. The lowest BCUT2D eigenvalue weighted by Crippen LogP contribution is -2.38. The van der Waals surface area contributed by atoms with Gasteiger partial charge >= 0.3 is 0 Å². The number of nitrogens with one attached hydrogen (secondary N) is 1. The molecule has 2 aromatic carbocycles. The molecule has 5 heteroatoms. The molecule has 0 bridgehead atoms. The first-order valence-electron chi connectivity index (χ1n) is 8.77. The van der Waals surface area contributed by atoms with Crippen molar-refractivity contribution in [3.8, 4) is 17.2 Å². The third-order valence-corrected chi connectivity index (χ3v) is 4.29. The molecule has 0 radical (unpaired) electrons. The lowest BCUT2D eigenvalue weighted by atomic mass is 10.1. The van der Waals surface area contributed by atoms with Crippen molar-refractivity contribution in [2.45, 2.75) is 39.3 Å². The number of benzene rings is 2. The Balaban J connectivity index is 2.09. The molecule has 0 saturated heterocycles. The van der Waals surface area contributed by atoms with Crippen LogP contribution in [-0.4, -0.2) is 26.2 Å². The third-order valence-electron chi connectivity index (χ3n) is 4.29. The average Bonchev–Trinajstić information content (AvgIpc) is 2.67. The first kappa shape index (κ1) is 19.6. The number of carbonyl (C=O) groups is 1. The van der Waals surface area contributed by atoms with Crippen LogP contribution < -0.4 is 19.5 Å². The second kappa shape index (κ2) is 9.13. The molecule has 0 heterocycles. The van der Waals surface area contributed by atoms with Gasteiger partial charge in [-0.15, -0.1) is 0 Å². The highest BCUT2D eigenvalue weighted by Crippen LogP contribution is 2.29. The van der Waals surface area contributed by atoms with Gasteiger partial charge in [-0.1, -0.05) is 25.1 Å². The number of rotatable bonds is 8. The van der Waals surface area contributed by atoms with Gasteiger partial charge < -0.3 is 19.5 Å². The van der Waals surface area contributed by atoms with Crippen LogP contribution in [0.25, 0.3) is 0 Å². The van der Waals surface area contributed by atoms with Crippen LogP contribution in [-0.2, 0) is 11.2 Å². The van der Waals surface area contributed by atoms with Gasteiger partial charge in [-0.05, 0) is 50.1 Å². The summed E-state index contributed by atoms with van der Waals surface area (Å²) < 4.78 is 16.5. The minimum Gasteiger partial charge on any atom is -0.497 e. The summed E-state index contributed by atoms with van der Waals surface area (Å²) in [7, 11) is 3.21. The maximum absolute atomic E-state index is 12.6. The van der Waals surface area contributed by atoms with Gasteiger partial charge in [-0.2, -0.15) is 0 Å². The molecule has 0 fully saturated rings. The fourth-order valence-electron chi connectivity index (χ4n) is 2.74. The molecular formula is C21H27NO4. The highest BCUT2D eigenvalue weighted by Gasteiger charge is 2.20. The van der Waals surface area contributed by atoms with E-state index in [1.807, 2.05) is 49.4 Å². The Morgan fingerprint density at radius 3 is 2.42 bits per heavy atom. The number of amides is 1. The standard InChI is InChI=1S/C21H27NO4/c1-6-16-9-7-8-10-19(16)26-15(3)21(23)22-14(2)18-13-17(24-4)11-12-20(18)25-5/h7-15H,6H2,1-5H3,(H,22,23). The molecule has 0 saturated carbocycles.